The maximum absolute atomic E-state index is 13.1. The van der Waals surface area contributed by atoms with Crippen LogP contribution in [0, 0.1) is 6.92 Å². The first-order valence-corrected chi connectivity index (χ1v) is 12.2. The van der Waals surface area contributed by atoms with Gasteiger partial charge in [-0.2, -0.15) is 0 Å². The van der Waals surface area contributed by atoms with Gasteiger partial charge in [0.1, 0.15) is 12.0 Å². The first-order chi connectivity index (χ1) is 15.8. The summed E-state index contributed by atoms with van der Waals surface area (Å²) in [4.78, 5) is 18.2. The molecule has 3 heterocycles. The molecule has 0 bridgehead atoms. The Bertz CT molecular complexity index is 1190. The lowest BCUT2D eigenvalue weighted by Gasteiger charge is -2.19. The Morgan fingerprint density at radius 3 is 2.48 bits per heavy atom. The number of aryl methyl sites for hydroxylation is 1. The van der Waals surface area contributed by atoms with E-state index in [1.165, 1.54) is 11.3 Å². The molecule has 1 aliphatic rings. The van der Waals surface area contributed by atoms with Crippen LogP contribution in [-0.4, -0.2) is 27.5 Å². The van der Waals surface area contributed by atoms with E-state index in [1.54, 1.807) is 4.57 Å². The minimum Gasteiger partial charge on any atom is -0.494 e. The molecule has 0 radical (unpaired) electrons. The third-order valence-electron chi connectivity index (χ3n) is 5.75. The van der Waals surface area contributed by atoms with Crippen molar-refractivity contribution in [3.05, 3.63) is 57.3 Å². The number of carbonyl (C=O) groups is 1. The molecule has 1 aromatic carbocycles. The summed E-state index contributed by atoms with van der Waals surface area (Å²) < 4.78 is 7.45. The van der Waals surface area contributed by atoms with Crippen molar-refractivity contribution in [2.45, 2.75) is 58.8 Å². The molecule has 0 spiro atoms. The highest BCUT2D eigenvalue weighted by atomic mass is 32.1. The van der Waals surface area contributed by atoms with Crippen LogP contribution < -0.4 is 16.2 Å². The monoisotopic (exact) mass is 466 g/mol. The van der Waals surface area contributed by atoms with Gasteiger partial charge >= 0.3 is 0 Å². The van der Waals surface area contributed by atoms with E-state index < -0.39 is 12.4 Å². The number of aliphatic imine (C=N–C) groups is 1. The maximum Gasteiger partial charge on any atom is 0.280 e. The summed E-state index contributed by atoms with van der Waals surface area (Å²) >= 11 is 1.40. The van der Waals surface area contributed by atoms with Gasteiger partial charge in [-0.3, -0.25) is 15.1 Å². The van der Waals surface area contributed by atoms with Crippen LogP contribution in [0.1, 0.15) is 72.1 Å². The van der Waals surface area contributed by atoms with Crippen molar-refractivity contribution >= 4 is 23.0 Å². The lowest BCUT2D eigenvalue weighted by molar-refractivity contribution is 0.101. The van der Waals surface area contributed by atoms with E-state index in [0.717, 1.165) is 35.3 Å². The van der Waals surface area contributed by atoms with Crippen LogP contribution in [0.15, 0.2) is 40.7 Å². The van der Waals surface area contributed by atoms with Crippen LogP contribution in [0.5, 0.6) is 11.6 Å². The van der Waals surface area contributed by atoms with Gasteiger partial charge in [0.05, 0.1) is 33.6 Å². The molecule has 1 amide bonds. The fourth-order valence-electron chi connectivity index (χ4n) is 4.17. The third kappa shape index (κ3) is 4.34. The van der Waals surface area contributed by atoms with Gasteiger partial charge in [0.15, 0.2) is 0 Å². The summed E-state index contributed by atoms with van der Waals surface area (Å²) in [5.41, 5.74) is 16.2. The summed E-state index contributed by atoms with van der Waals surface area (Å²) in [5.74, 6) is 0.205. The molecule has 5 N–H and O–H groups in total. The highest BCUT2D eigenvalue weighted by Crippen LogP contribution is 2.44. The van der Waals surface area contributed by atoms with Crippen LogP contribution >= 0.6 is 11.3 Å². The van der Waals surface area contributed by atoms with Crippen molar-refractivity contribution < 1.29 is 14.6 Å². The number of nitrogens with two attached hydrogens (primary N) is 2. The zero-order valence-electron chi connectivity index (χ0n) is 19.2. The molecular weight excluding hydrogens is 436 g/mol. The topological polar surface area (TPSA) is 116 Å². The van der Waals surface area contributed by atoms with E-state index in [9.17, 15) is 9.90 Å². The van der Waals surface area contributed by atoms with E-state index in [2.05, 4.69) is 4.99 Å². The van der Waals surface area contributed by atoms with E-state index in [4.69, 9.17) is 16.2 Å². The number of ether oxygens (including phenoxy) is 1. The predicted molar refractivity (Wildman–Crippen MR) is 132 cm³/mol. The number of carbonyl (C=O) groups excluding carboxylic acids is 1. The fraction of sp³-hybridized carbons (Fsp3) is 0.360. The molecule has 1 aliphatic heterocycles. The average molecular weight is 467 g/mol. The van der Waals surface area contributed by atoms with Gasteiger partial charge in [0.25, 0.3) is 5.91 Å². The number of hydrogen-bond donors (Lipinski definition) is 3. The lowest BCUT2D eigenvalue weighted by atomic mass is 10.0. The van der Waals surface area contributed by atoms with Crippen LogP contribution in [0.25, 0.3) is 11.3 Å². The molecule has 0 saturated carbocycles. The zero-order chi connectivity index (χ0) is 23.7. The van der Waals surface area contributed by atoms with Crippen LogP contribution in [-0.2, 0) is 0 Å². The Hall–Kier alpha value is -2.94. The molecule has 0 aliphatic carbocycles. The Balaban J connectivity index is 1.82. The summed E-state index contributed by atoms with van der Waals surface area (Å²) in [7, 11) is 0. The quantitative estimate of drug-likeness (QED) is 0.386. The minimum atomic E-state index is -0.472. The Kier molecular flexibility index (Phi) is 6.69. The SMILES string of the molecule is CCCC(N)Oc1csc(C2=NC(=O)c3c2c(O)n(C(N)CCC)c3-c2ccc(C)cc2)c1. The number of aromatic nitrogens is 1. The van der Waals surface area contributed by atoms with E-state index >= 15 is 0 Å². The zero-order valence-corrected chi connectivity index (χ0v) is 20.0. The highest BCUT2D eigenvalue weighted by molar-refractivity contribution is 7.12. The predicted octanol–water partition coefficient (Wildman–Crippen LogP) is 4.94. The number of benzene rings is 1. The van der Waals surface area contributed by atoms with E-state index in [-0.39, 0.29) is 11.8 Å². The van der Waals surface area contributed by atoms with Crippen LogP contribution in [0.4, 0.5) is 0 Å². The second-order valence-corrected chi connectivity index (χ2v) is 9.28. The average Bonchev–Trinajstić information content (AvgIpc) is 3.44. The van der Waals surface area contributed by atoms with Gasteiger partial charge in [0, 0.05) is 11.4 Å². The van der Waals surface area contributed by atoms with Crippen molar-refractivity contribution in [2.24, 2.45) is 16.5 Å². The molecular formula is C25H30N4O3S. The number of nitrogens with zero attached hydrogens (tertiary/aromatic N) is 2. The van der Waals surface area contributed by atoms with Gasteiger partial charge < -0.3 is 15.6 Å². The van der Waals surface area contributed by atoms with Gasteiger partial charge in [-0.15, -0.1) is 11.3 Å². The third-order valence-corrected chi connectivity index (χ3v) is 6.67. The van der Waals surface area contributed by atoms with Crippen molar-refractivity contribution in [3.8, 4) is 22.9 Å². The molecule has 2 atom stereocenters. The first kappa shape index (κ1) is 23.2. The van der Waals surface area contributed by atoms with Crippen molar-refractivity contribution in [3.63, 3.8) is 0 Å². The standard InChI is InChI=1S/C25H30N4O3S/c1-4-6-18(26)29-23(15-10-8-14(3)9-11-15)21-20(25(29)31)22(28-24(21)30)17-12-16(13-33-17)32-19(27)7-5-2/h8-13,18-19,31H,4-7,26-27H2,1-3H3. The van der Waals surface area contributed by atoms with Gasteiger partial charge in [-0.1, -0.05) is 56.5 Å². The number of aromatic hydroxyl groups is 1. The second-order valence-electron chi connectivity index (χ2n) is 8.37. The molecule has 4 rings (SSSR count). The number of hydrogen-bond acceptors (Lipinski definition) is 6. The molecule has 33 heavy (non-hydrogen) atoms. The summed E-state index contributed by atoms with van der Waals surface area (Å²) in [6.07, 6.45) is 2.30. The Labute approximate surface area is 197 Å². The molecule has 8 heteroatoms. The van der Waals surface area contributed by atoms with Crippen molar-refractivity contribution in [1.29, 1.82) is 0 Å². The number of fused-ring (bicyclic) bond motifs is 1. The van der Waals surface area contributed by atoms with Crippen LogP contribution in [0.3, 0.4) is 0 Å². The van der Waals surface area contributed by atoms with Gasteiger partial charge in [-0.25, -0.2) is 4.99 Å². The largest absolute Gasteiger partial charge is 0.494 e. The van der Waals surface area contributed by atoms with Crippen molar-refractivity contribution in [2.75, 3.05) is 0 Å². The summed E-state index contributed by atoms with van der Waals surface area (Å²) in [5, 5.41) is 13.2. The smallest absolute Gasteiger partial charge is 0.280 e. The maximum atomic E-state index is 13.1. The molecule has 3 aromatic rings. The lowest BCUT2D eigenvalue weighted by Crippen LogP contribution is -2.26. The number of amides is 1. The van der Waals surface area contributed by atoms with E-state index in [1.807, 2.05) is 56.5 Å². The Morgan fingerprint density at radius 1 is 1.12 bits per heavy atom. The van der Waals surface area contributed by atoms with E-state index in [0.29, 0.717) is 34.7 Å². The molecule has 0 fully saturated rings. The molecule has 174 valence electrons. The second kappa shape index (κ2) is 9.51. The summed E-state index contributed by atoms with van der Waals surface area (Å²) in [6, 6.07) is 9.65. The van der Waals surface area contributed by atoms with Crippen LogP contribution in [0.2, 0.25) is 0 Å². The molecule has 2 aromatic heterocycles. The highest BCUT2D eigenvalue weighted by Gasteiger charge is 2.37. The molecule has 7 nitrogen and oxygen atoms in total. The van der Waals surface area contributed by atoms with Gasteiger partial charge in [-0.05, 0) is 25.3 Å². The summed E-state index contributed by atoms with van der Waals surface area (Å²) in [6.45, 7) is 6.09. The minimum absolute atomic E-state index is 0.0373. The molecule has 2 unspecified atom stereocenters. The fourth-order valence-corrected chi connectivity index (χ4v) is 4.98. The first-order valence-electron chi connectivity index (χ1n) is 11.3. The van der Waals surface area contributed by atoms with Gasteiger partial charge in [0.2, 0.25) is 5.88 Å². The Morgan fingerprint density at radius 2 is 1.82 bits per heavy atom. The number of thiophene rings is 1. The normalized spacial score (nSPS) is 14.8. The molecule has 0 saturated heterocycles. The van der Waals surface area contributed by atoms with Crippen molar-refractivity contribution in [1.82, 2.24) is 4.57 Å². The number of rotatable bonds is 9.